The molecule has 0 saturated carbocycles. The second-order valence-corrected chi connectivity index (χ2v) is 7.65. The third-order valence-corrected chi connectivity index (χ3v) is 5.20. The largest absolute Gasteiger partial charge is 0.462 e. The van der Waals surface area contributed by atoms with E-state index in [1.54, 1.807) is 45.0 Å². The van der Waals surface area contributed by atoms with Crippen molar-refractivity contribution in [3.8, 4) is 0 Å². The van der Waals surface area contributed by atoms with Gasteiger partial charge in [-0.2, -0.15) is 0 Å². The number of carbonyl (C=O) groups excluding carboxylic acids is 1. The van der Waals surface area contributed by atoms with Crippen molar-refractivity contribution in [2.75, 3.05) is 10.8 Å². The number of anilines is 1. The fraction of sp³-hybridized carbons (Fsp3) is 0.278. The summed E-state index contributed by atoms with van der Waals surface area (Å²) in [5.74, 6) is -1.20. The molecule has 0 heterocycles. The summed E-state index contributed by atoms with van der Waals surface area (Å²) < 4.78 is 45.2. The number of aryl methyl sites for hydroxylation is 1. The molecule has 0 aromatic heterocycles. The molecule has 2 rings (SSSR count). The molecule has 0 amide bonds. The second-order valence-electron chi connectivity index (χ2n) is 5.79. The Morgan fingerprint density at radius 2 is 1.72 bits per heavy atom. The van der Waals surface area contributed by atoms with Gasteiger partial charge in [-0.25, -0.2) is 12.8 Å². The van der Waals surface area contributed by atoms with Gasteiger partial charge in [-0.15, -0.1) is 0 Å². The van der Waals surface area contributed by atoms with Gasteiger partial charge in [0.15, 0.2) is 0 Å². The fourth-order valence-corrected chi connectivity index (χ4v) is 3.77. The molecule has 5 nitrogen and oxygen atoms in total. The van der Waals surface area contributed by atoms with E-state index in [4.69, 9.17) is 4.74 Å². The first-order valence-electron chi connectivity index (χ1n) is 7.75. The first-order valence-corrected chi connectivity index (χ1v) is 9.19. The van der Waals surface area contributed by atoms with E-state index in [0.717, 1.165) is 16.4 Å². The van der Waals surface area contributed by atoms with Gasteiger partial charge in [0.25, 0.3) is 10.0 Å². The minimum atomic E-state index is -4.06. The average Bonchev–Trinajstić information content (AvgIpc) is 2.53. The van der Waals surface area contributed by atoms with E-state index >= 15 is 0 Å². The number of sulfonamides is 1. The van der Waals surface area contributed by atoms with Crippen molar-refractivity contribution < 1.29 is 22.3 Å². The predicted octanol–water partition coefficient (Wildman–Crippen LogP) is 3.28. The van der Waals surface area contributed by atoms with Crippen LogP contribution in [0.5, 0.6) is 0 Å². The zero-order valence-electron chi connectivity index (χ0n) is 14.3. The average molecular weight is 365 g/mol. The third-order valence-electron chi connectivity index (χ3n) is 3.43. The highest BCUT2D eigenvalue weighted by Crippen LogP contribution is 2.26. The topological polar surface area (TPSA) is 63.7 Å². The number of nitrogens with zero attached hydrogens (tertiary/aromatic N) is 1. The zero-order valence-corrected chi connectivity index (χ0v) is 15.1. The highest BCUT2D eigenvalue weighted by atomic mass is 32.2. The molecular weight excluding hydrogens is 345 g/mol. The van der Waals surface area contributed by atoms with Gasteiger partial charge >= 0.3 is 5.97 Å². The van der Waals surface area contributed by atoms with E-state index < -0.39 is 28.4 Å². The van der Waals surface area contributed by atoms with Crippen LogP contribution in [0.2, 0.25) is 0 Å². The van der Waals surface area contributed by atoms with Crippen LogP contribution in [-0.4, -0.2) is 27.0 Å². The Labute approximate surface area is 147 Å². The summed E-state index contributed by atoms with van der Waals surface area (Å²) >= 11 is 0. The molecule has 7 heteroatoms. The van der Waals surface area contributed by atoms with Crippen LogP contribution in [0, 0.1) is 12.7 Å². The van der Waals surface area contributed by atoms with E-state index in [9.17, 15) is 17.6 Å². The van der Waals surface area contributed by atoms with Crippen LogP contribution in [0.15, 0.2) is 53.4 Å². The predicted molar refractivity (Wildman–Crippen MR) is 93.3 cm³/mol. The molecule has 0 fully saturated rings. The Kier molecular flexibility index (Phi) is 5.79. The number of halogens is 1. The molecule has 25 heavy (non-hydrogen) atoms. The summed E-state index contributed by atoms with van der Waals surface area (Å²) in [6.07, 6.45) is -0.361. The van der Waals surface area contributed by atoms with Gasteiger partial charge in [0.2, 0.25) is 0 Å². The van der Waals surface area contributed by atoms with Crippen LogP contribution >= 0.6 is 0 Å². The van der Waals surface area contributed by atoms with Crippen molar-refractivity contribution in [2.45, 2.75) is 31.8 Å². The highest BCUT2D eigenvalue weighted by molar-refractivity contribution is 7.92. The lowest BCUT2D eigenvalue weighted by atomic mass is 10.2. The Hall–Kier alpha value is -2.41. The molecule has 134 valence electrons. The smallest absolute Gasteiger partial charge is 0.327 e. The Balaban J connectivity index is 2.48. The Bertz CT molecular complexity index is 848. The van der Waals surface area contributed by atoms with Crippen LogP contribution < -0.4 is 4.31 Å². The van der Waals surface area contributed by atoms with Crippen molar-refractivity contribution in [2.24, 2.45) is 0 Å². The molecule has 0 unspecified atom stereocenters. The molecule has 0 atom stereocenters. The van der Waals surface area contributed by atoms with Crippen LogP contribution in [0.25, 0.3) is 0 Å². The lowest BCUT2D eigenvalue weighted by Crippen LogP contribution is -2.37. The van der Waals surface area contributed by atoms with Gasteiger partial charge in [0.05, 0.1) is 16.7 Å². The van der Waals surface area contributed by atoms with E-state index in [-0.39, 0.29) is 11.0 Å². The Morgan fingerprint density at radius 3 is 2.28 bits per heavy atom. The van der Waals surface area contributed by atoms with Gasteiger partial charge in [-0.3, -0.25) is 9.10 Å². The van der Waals surface area contributed by atoms with E-state index in [1.807, 2.05) is 0 Å². The molecule has 0 saturated heterocycles. The SMILES string of the molecule is Cc1ccccc1N(CC(=O)OC(C)C)S(=O)(=O)c1ccc(F)cc1. The quantitative estimate of drug-likeness (QED) is 0.737. The number of rotatable bonds is 6. The number of ether oxygens (including phenoxy) is 1. The maximum atomic E-state index is 13.1. The first-order chi connectivity index (χ1) is 11.7. The summed E-state index contributed by atoms with van der Waals surface area (Å²) in [6, 6.07) is 11.3. The lowest BCUT2D eigenvalue weighted by molar-refractivity contribution is -0.145. The first kappa shape index (κ1) is 18.9. The molecule has 0 radical (unpaired) electrons. The van der Waals surface area contributed by atoms with Crippen LogP contribution in [0.4, 0.5) is 10.1 Å². The van der Waals surface area contributed by atoms with Crippen molar-refractivity contribution >= 4 is 21.7 Å². The molecule has 0 spiro atoms. The number of carbonyl (C=O) groups is 1. The van der Waals surface area contributed by atoms with Crippen molar-refractivity contribution in [1.29, 1.82) is 0 Å². The van der Waals surface area contributed by atoms with Crippen LogP contribution in [0.1, 0.15) is 19.4 Å². The standard InChI is InChI=1S/C18H20FNO4S/c1-13(2)24-18(21)12-20(17-7-5-4-6-14(17)3)25(22,23)16-10-8-15(19)9-11-16/h4-11,13H,12H2,1-3H3. The monoisotopic (exact) mass is 365 g/mol. The maximum absolute atomic E-state index is 13.1. The van der Waals surface area contributed by atoms with Gasteiger partial charge in [0, 0.05) is 0 Å². The molecule has 0 aliphatic rings. The summed E-state index contributed by atoms with van der Waals surface area (Å²) in [6.45, 7) is 4.65. The molecule has 0 aliphatic heterocycles. The van der Waals surface area contributed by atoms with Crippen LogP contribution in [-0.2, 0) is 19.6 Å². The third kappa shape index (κ3) is 4.57. The summed E-state index contributed by atoms with van der Waals surface area (Å²) in [5.41, 5.74) is 1.05. The molecular formula is C18H20FNO4S. The van der Waals surface area contributed by atoms with Gasteiger partial charge in [-0.1, -0.05) is 18.2 Å². The van der Waals surface area contributed by atoms with Gasteiger partial charge in [-0.05, 0) is 56.7 Å². The van der Waals surface area contributed by atoms with Crippen molar-refractivity contribution in [1.82, 2.24) is 0 Å². The fourth-order valence-electron chi connectivity index (χ4n) is 2.29. The van der Waals surface area contributed by atoms with Crippen molar-refractivity contribution in [3.05, 3.63) is 59.9 Å². The maximum Gasteiger partial charge on any atom is 0.327 e. The number of para-hydroxylation sites is 1. The van der Waals surface area contributed by atoms with E-state index in [0.29, 0.717) is 11.3 Å². The summed E-state index contributed by atoms with van der Waals surface area (Å²) in [5, 5.41) is 0. The minimum Gasteiger partial charge on any atom is -0.462 e. The van der Waals surface area contributed by atoms with Gasteiger partial charge < -0.3 is 4.74 Å². The van der Waals surface area contributed by atoms with E-state index in [2.05, 4.69) is 0 Å². The number of esters is 1. The number of hydrogen-bond acceptors (Lipinski definition) is 4. The van der Waals surface area contributed by atoms with Gasteiger partial charge in [0.1, 0.15) is 12.4 Å². The van der Waals surface area contributed by atoms with Crippen LogP contribution in [0.3, 0.4) is 0 Å². The normalized spacial score (nSPS) is 11.4. The molecule has 0 aliphatic carbocycles. The molecule has 0 N–H and O–H groups in total. The number of hydrogen-bond donors (Lipinski definition) is 0. The second kappa shape index (κ2) is 7.65. The Morgan fingerprint density at radius 1 is 1.12 bits per heavy atom. The number of benzene rings is 2. The summed E-state index contributed by atoms with van der Waals surface area (Å²) in [4.78, 5) is 12.0. The van der Waals surface area contributed by atoms with Crippen molar-refractivity contribution in [3.63, 3.8) is 0 Å². The molecule has 2 aromatic rings. The van der Waals surface area contributed by atoms with E-state index in [1.165, 1.54) is 12.1 Å². The molecule has 0 bridgehead atoms. The summed E-state index contributed by atoms with van der Waals surface area (Å²) in [7, 11) is -4.06. The lowest BCUT2D eigenvalue weighted by Gasteiger charge is -2.25. The highest BCUT2D eigenvalue weighted by Gasteiger charge is 2.29. The minimum absolute atomic E-state index is 0.102. The molecule has 2 aromatic carbocycles. The zero-order chi connectivity index (χ0) is 18.6.